The van der Waals surface area contributed by atoms with Gasteiger partial charge in [0, 0.05) is 24.3 Å². The van der Waals surface area contributed by atoms with Crippen molar-refractivity contribution in [3.8, 4) is 0 Å². The summed E-state index contributed by atoms with van der Waals surface area (Å²) in [7, 11) is 0. The highest BCUT2D eigenvalue weighted by molar-refractivity contribution is 5.80. The Bertz CT molecular complexity index is 577. The van der Waals surface area contributed by atoms with Gasteiger partial charge in [0.1, 0.15) is 0 Å². The number of hydrogen-bond donors (Lipinski definition) is 1. The monoisotopic (exact) mass is 257 g/mol. The van der Waals surface area contributed by atoms with Crippen molar-refractivity contribution in [1.82, 2.24) is 0 Å². The third kappa shape index (κ3) is 2.21. The molecule has 19 heavy (non-hydrogen) atoms. The summed E-state index contributed by atoms with van der Waals surface area (Å²) in [5.74, 6) is -1.13. The average molecular weight is 257 g/mol. The zero-order chi connectivity index (χ0) is 13.2. The number of para-hydroxylation sites is 1. The van der Waals surface area contributed by atoms with Crippen LogP contribution in [0.3, 0.4) is 0 Å². The molecule has 1 atom stereocenters. The second-order valence-corrected chi connectivity index (χ2v) is 4.79. The molecular formula is C15H15NO3. The molecule has 1 aliphatic heterocycles. The van der Waals surface area contributed by atoms with Crippen molar-refractivity contribution in [2.75, 3.05) is 11.4 Å². The lowest BCUT2D eigenvalue weighted by molar-refractivity contribution is -0.139. The first kappa shape index (κ1) is 11.8. The molecule has 0 amide bonds. The van der Waals surface area contributed by atoms with Crippen LogP contribution in [0.15, 0.2) is 47.3 Å². The van der Waals surface area contributed by atoms with Gasteiger partial charge in [-0.2, -0.15) is 0 Å². The maximum Gasteiger partial charge on any atom is 0.311 e. The van der Waals surface area contributed by atoms with Gasteiger partial charge >= 0.3 is 5.97 Å². The molecule has 1 aromatic carbocycles. The van der Waals surface area contributed by atoms with Crippen molar-refractivity contribution in [3.05, 3.63) is 54.0 Å². The van der Waals surface area contributed by atoms with E-state index in [1.807, 2.05) is 30.3 Å². The van der Waals surface area contributed by atoms with E-state index in [1.54, 1.807) is 12.5 Å². The molecule has 1 N–H and O–H groups in total. The van der Waals surface area contributed by atoms with Crippen molar-refractivity contribution >= 4 is 11.7 Å². The first-order valence-electron chi connectivity index (χ1n) is 6.33. The number of rotatable bonds is 3. The highest BCUT2D eigenvalue weighted by Gasteiger charge is 2.29. The van der Waals surface area contributed by atoms with Gasteiger partial charge in [-0.3, -0.25) is 4.79 Å². The van der Waals surface area contributed by atoms with Crippen molar-refractivity contribution in [3.63, 3.8) is 0 Å². The minimum absolute atomic E-state index is 0.392. The molecule has 0 bridgehead atoms. The molecule has 3 rings (SSSR count). The van der Waals surface area contributed by atoms with E-state index in [2.05, 4.69) is 4.90 Å². The highest BCUT2D eigenvalue weighted by Crippen LogP contribution is 2.36. The lowest BCUT2D eigenvalue weighted by Crippen LogP contribution is -2.32. The summed E-state index contributed by atoms with van der Waals surface area (Å²) in [6.07, 6.45) is 4.03. The van der Waals surface area contributed by atoms with E-state index in [1.165, 1.54) is 0 Å². The minimum Gasteiger partial charge on any atom is -0.481 e. The van der Waals surface area contributed by atoms with Gasteiger partial charge in [0.15, 0.2) is 0 Å². The Kier molecular flexibility index (Phi) is 2.99. The van der Waals surface area contributed by atoms with Crippen LogP contribution >= 0.6 is 0 Å². The number of aliphatic carboxylic acids is 1. The smallest absolute Gasteiger partial charge is 0.311 e. The summed E-state index contributed by atoms with van der Waals surface area (Å²) >= 11 is 0. The lowest BCUT2D eigenvalue weighted by Gasteiger charge is -2.34. The van der Waals surface area contributed by atoms with Crippen LogP contribution in [0.25, 0.3) is 0 Å². The quantitative estimate of drug-likeness (QED) is 0.918. The number of nitrogens with zero attached hydrogens (tertiary/aromatic N) is 1. The molecule has 1 unspecified atom stereocenters. The predicted molar refractivity (Wildman–Crippen MR) is 71.2 cm³/mol. The largest absolute Gasteiger partial charge is 0.481 e. The van der Waals surface area contributed by atoms with Gasteiger partial charge in [0.05, 0.1) is 18.4 Å². The Morgan fingerprint density at radius 3 is 2.95 bits per heavy atom. The Hall–Kier alpha value is -2.23. The number of fused-ring (bicyclic) bond motifs is 1. The Morgan fingerprint density at radius 2 is 2.21 bits per heavy atom. The van der Waals surface area contributed by atoms with Gasteiger partial charge in [0.2, 0.25) is 0 Å². The van der Waals surface area contributed by atoms with E-state index in [9.17, 15) is 9.90 Å². The molecule has 0 saturated carbocycles. The third-order valence-corrected chi connectivity index (χ3v) is 3.59. The van der Waals surface area contributed by atoms with E-state index >= 15 is 0 Å². The van der Waals surface area contributed by atoms with E-state index < -0.39 is 11.9 Å². The molecule has 2 aromatic rings. The molecule has 0 aliphatic carbocycles. The van der Waals surface area contributed by atoms with E-state index in [0.717, 1.165) is 29.9 Å². The van der Waals surface area contributed by atoms with Gasteiger partial charge in [-0.05, 0) is 24.1 Å². The zero-order valence-electron chi connectivity index (χ0n) is 10.5. The first-order valence-corrected chi connectivity index (χ1v) is 6.33. The Morgan fingerprint density at radius 1 is 1.37 bits per heavy atom. The minimum atomic E-state index is -0.740. The third-order valence-electron chi connectivity index (χ3n) is 3.59. The van der Waals surface area contributed by atoms with Crippen LogP contribution in [-0.2, 0) is 11.3 Å². The van der Waals surface area contributed by atoms with Crippen LogP contribution in [0.1, 0.15) is 23.5 Å². The summed E-state index contributed by atoms with van der Waals surface area (Å²) in [5.41, 5.74) is 3.02. The van der Waals surface area contributed by atoms with Crippen molar-refractivity contribution < 1.29 is 14.3 Å². The standard InChI is InChI=1S/C15H15NO3/c17-15(18)13-5-7-16(9-11-6-8-19-10-11)14-4-2-1-3-12(13)14/h1-4,6,8,10,13H,5,7,9H2,(H,17,18). The van der Waals surface area contributed by atoms with Crippen LogP contribution in [-0.4, -0.2) is 17.6 Å². The first-order chi connectivity index (χ1) is 9.25. The maximum absolute atomic E-state index is 11.3. The maximum atomic E-state index is 11.3. The fraction of sp³-hybridized carbons (Fsp3) is 0.267. The zero-order valence-corrected chi connectivity index (χ0v) is 10.5. The van der Waals surface area contributed by atoms with E-state index in [-0.39, 0.29) is 0 Å². The van der Waals surface area contributed by atoms with Crippen molar-refractivity contribution in [1.29, 1.82) is 0 Å². The SMILES string of the molecule is O=C(O)C1CCN(Cc2ccoc2)c2ccccc21. The average Bonchev–Trinajstić information content (AvgIpc) is 2.91. The molecule has 0 saturated heterocycles. The van der Waals surface area contributed by atoms with Gasteiger partial charge in [-0.1, -0.05) is 18.2 Å². The normalized spacial score (nSPS) is 18.1. The topological polar surface area (TPSA) is 53.7 Å². The van der Waals surface area contributed by atoms with Crippen LogP contribution < -0.4 is 4.90 Å². The summed E-state index contributed by atoms with van der Waals surface area (Å²) in [6.45, 7) is 1.50. The molecule has 1 aliphatic rings. The molecule has 0 fully saturated rings. The molecule has 4 nitrogen and oxygen atoms in total. The fourth-order valence-electron chi connectivity index (χ4n) is 2.65. The highest BCUT2D eigenvalue weighted by atomic mass is 16.4. The number of furan rings is 1. The van der Waals surface area contributed by atoms with Crippen LogP contribution in [0, 0.1) is 0 Å². The van der Waals surface area contributed by atoms with E-state index in [0.29, 0.717) is 6.42 Å². The number of carbonyl (C=O) groups is 1. The molecule has 0 radical (unpaired) electrons. The molecule has 2 heterocycles. The predicted octanol–water partition coefficient (Wildman–Crippen LogP) is 2.86. The van der Waals surface area contributed by atoms with Gasteiger partial charge in [-0.15, -0.1) is 0 Å². The lowest BCUT2D eigenvalue weighted by atomic mass is 9.90. The summed E-state index contributed by atoms with van der Waals surface area (Å²) < 4.78 is 5.08. The second-order valence-electron chi connectivity index (χ2n) is 4.79. The second kappa shape index (κ2) is 4.80. The van der Waals surface area contributed by atoms with Gasteiger partial charge in [0.25, 0.3) is 0 Å². The van der Waals surface area contributed by atoms with Crippen LogP contribution in [0.2, 0.25) is 0 Å². The summed E-state index contributed by atoms with van der Waals surface area (Å²) in [6, 6.07) is 9.69. The Labute approximate surface area is 111 Å². The summed E-state index contributed by atoms with van der Waals surface area (Å²) in [5, 5.41) is 9.29. The van der Waals surface area contributed by atoms with Gasteiger partial charge in [-0.25, -0.2) is 0 Å². The molecule has 4 heteroatoms. The molecule has 1 aromatic heterocycles. The Balaban J connectivity index is 1.92. The summed E-state index contributed by atoms with van der Waals surface area (Å²) in [4.78, 5) is 13.5. The van der Waals surface area contributed by atoms with E-state index in [4.69, 9.17) is 4.42 Å². The fourth-order valence-corrected chi connectivity index (χ4v) is 2.65. The number of anilines is 1. The van der Waals surface area contributed by atoms with Crippen molar-refractivity contribution in [2.45, 2.75) is 18.9 Å². The van der Waals surface area contributed by atoms with Crippen LogP contribution in [0.4, 0.5) is 5.69 Å². The number of carboxylic acid groups (broad SMARTS) is 1. The number of hydrogen-bond acceptors (Lipinski definition) is 3. The molecule has 0 spiro atoms. The number of benzene rings is 1. The molecule has 98 valence electrons. The molecular weight excluding hydrogens is 242 g/mol. The number of carboxylic acids is 1. The van der Waals surface area contributed by atoms with Gasteiger partial charge < -0.3 is 14.4 Å². The van der Waals surface area contributed by atoms with Crippen LogP contribution in [0.5, 0.6) is 0 Å². The van der Waals surface area contributed by atoms with Crippen molar-refractivity contribution in [2.24, 2.45) is 0 Å².